The number of ether oxygens (including phenoxy) is 4. The molecule has 0 fully saturated rings. The lowest BCUT2D eigenvalue weighted by Crippen LogP contribution is -2.53. The van der Waals surface area contributed by atoms with Crippen LogP contribution in [0.5, 0.6) is 23.0 Å². The summed E-state index contributed by atoms with van der Waals surface area (Å²) in [4.78, 5) is 6.70. The molecule has 1 N–H and O–H groups in total. The van der Waals surface area contributed by atoms with E-state index in [0.29, 0.717) is 49.8 Å². The van der Waals surface area contributed by atoms with Gasteiger partial charge in [0.2, 0.25) is 5.75 Å². The van der Waals surface area contributed by atoms with E-state index < -0.39 is 5.72 Å². The summed E-state index contributed by atoms with van der Waals surface area (Å²) in [5.41, 5.74) is 2.95. The van der Waals surface area contributed by atoms with Crippen LogP contribution in [0.1, 0.15) is 22.3 Å². The van der Waals surface area contributed by atoms with Gasteiger partial charge in [-0.3, -0.25) is 4.99 Å². The van der Waals surface area contributed by atoms with Crippen LogP contribution in [-0.4, -0.2) is 56.9 Å². The van der Waals surface area contributed by atoms with Gasteiger partial charge in [0, 0.05) is 30.5 Å². The third-order valence-corrected chi connectivity index (χ3v) is 6.68. The lowest BCUT2D eigenvalue weighted by Gasteiger charge is -2.43. The summed E-state index contributed by atoms with van der Waals surface area (Å²) < 4.78 is 22.3. The molecule has 0 radical (unpaired) electrons. The normalized spacial score (nSPS) is 18.4. The first-order chi connectivity index (χ1) is 17.1. The fraction of sp³-hybridized carbons (Fsp3) is 0.321. The zero-order chi connectivity index (χ0) is 24.4. The summed E-state index contributed by atoms with van der Waals surface area (Å²) in [6.45, 7) is 1.87. The maximum atomic E-state index is 11.8. The van der Waals surface area contributed by atoms with Gasteiger partial charge in [0.15, 0.2) is 17.2 Å². The smallest absolute Gasteiger partial charge is 0.203 e. The van der Waals surface area contributed by atoms with Gasteiger partial charge in [-0.25, -0.2) is 0 Å². The predicted octanol–water partition coefficient (Wildman–Crippen LogP) is 3.80. The molecule has 1 atom stereocenters. The minimum atomic E-state index is -1.13. The number of fused-ring (bicyclic) bond motifs is 3. The van der Waals surface area contributed by atoms with E-state index in [1.165, 1.54) is 0 Å². The molecular weight excluding hydrogens is 444 g/mol. The van der Waals surface area contributed by atoms with E-state index in [9.17, 15) is 5.11 Å². The molecule has 0 amide bonds. The van der Waals surface area contributed by atoms with E-state index in [0.717, 1.165) is 33.8 Å². The van der Waals surface area contributed by atoms with Crippen molar-refractivity contribution >= 4 is 5.84 Å². The van der Waals surface area contributed by atoms with Crippen molar-refractivity contribution in [3.05, 3.63) is 82.9 Å². The molecule has 0 bridgehead atoms. The Kier molecular flexibility index (Phi) is 6.26. The van der Waals surface area contributed by atoms with Crippen LogP contribution >= 0.6 is 0 Å². The monoisotopic (exact) mass is 474 g/mol. The van der Waals surface area contributed by atoms with Crippen LogP contribution in [0.15, 0.2) is 65.7 Å². The van der Waals surface area contributed by atoms with Crippen LogP contribution < -0.4 is 18.9 Å². The summed E-state index contributed by atoms with van der Waals surface area (Å²) in [6, 6.07) is 19.7. The lowest BCUT2D eigenvalue weighted by molar-refractivity contribution is -0.0745. The van der Waals surface area contributed by atoms with Crippen LogP contribution in [0.3, 0.4) is 0 Å². The Morgan fingerprint density at radius 1 is 0.943 bits per heavy atom. The molecule has 7 nitrogen and oxygen atoms in total. The molecule has 0 saturated carbocycles. The van der Waals surface area contributed by atoms with Gasteiger partial charge in [0.1, 0.15) is 11.6 Å². The molecule has 3 aromatic carbocycles. The van der Waals surface area contributed by atoms with E-state index in [1.54, 1.807) is 21.3 Å². The fourth-order valence-corrected chi connectivity index (χ4v) is 4.93. The third kappa shape index (κ3) is 4.17. The summed E-state index contributed by atoms with van der Waals surface area (Å²) >= 11 is 0. The number of aliphatic hydroxyl groups is 1. The zero-order valence-corrected chi connectivity index (χ0v) is 20.3. The van der Waals surface area contributed by atoms with Gasteiger partial charge in [-0.15, -0.1) is 0 Å². The molecule has 2 aliphatic rings. The maximum Gasteiger partial charge on any atom is 0.203 e. The maximum absolute atomic E-state index is 11.8. The minimum Gasteiger partial charge on any atom is -0.493 e. The van der Waals surface area contributed by atoms with Crippen LogP contribution in [0.25, 0.3) is 0 Å². The molecule has 5 rings (SSSR count). The first-order valence-corrected chi connectivity index (χ1v) is 11.7. The second-order valence-electron chi connectivity index (χ2n) is 8.66. The van der Waals surface area contributed by atoms with E-state index in [2.05, 4.69) is 17.1 Å². The molecule has 0 saturated heterocycles. The van der Waals surface area contributed by atoms with Crippen LogP contribution in [0, 0.1) is 0 Å². The number of benzene rings is 3. The molecule has 0 aliphatic carbocycles. The summed E-state index contributed by atoms with van der Waals surface area (Å²) in [5, 5.41) is 11.8. The Hall–Kier alpha value is -3.71. The number of hydrogen-bond acceptors (Lipinski definition) is 7. The molecule has 3 aromatic rings. The van der Waals surface area contributed by atoms with Crippen molar-refractivity contribution in [2.45, 2.75) is 18.6 Å². The van der Waals surface area contributed by atoms with E-state index in [4.69, 9.17) is 18.9 Å². The van der Waals surface area contributed by atoms with E-state index >= 15 is 0 Å². The first kappa shape index (κ1) is 23.1. The molecule has 7 heteroatoms. The third-order valence-electron chi connectivity index (χ3n) is 6.68. The Labute approximate surface area is 205 Å². The average Bonchev–Trinajstić information content (AvgIpc) is 3.40. The van der Waals surface area contributed by atoms with Crippen molar-refractivity contribution in [1.82, 2.24) is 4.90 Å². The molecule has 35 heavy (non-hydrogen) atoms. The van der Waals surface area contributed by atoms with Crippen molar-refractivity contribution in [2.24, 2.45) is 4.99 Å². The topological polar surface area (TPSA) is 72.8 Å². The molecule has 2 heterocycles. The Bertz CT molecular complexity index is 1220. The highest BCUT2D eigenvalue weighted by Crippen LogP contribution is 2.40. The highest BCUT2D eigenvalue weighted by Gasteiger charge is 2.44. The second-order valence-corrected chi connectivity index (χ2v) is 8.66. The van der Waals surface area contributed by atoms with E-state index in [1.807, 2.05) is 53.4 Å². The van der Waals surface area contributed by atoms with Crippen molar-refractivity contribution in [3.8, 4) is 23.0 Å². The van der Waals surface area contributed by atoms with Crippen molar-refractivity contribution in [1.29, 1.82) is 0 Å². The molecule has 182 valence electrons. The van der Waals surface area contributed by atoms with Gasteiger partial charge in [0.05, 0.1) is 34.5 Å². The standard InChI is InChI=1S/C28H30N2O5/c1-32-24-16-19(17-25(33-2)26(24)34-3)12-15-35-22-10-8-21(9-11-22)28(31)18-20-6-4-5-7-23(20)27-29-13-14-30(27)28/h4-11,16-17,31H,12-15,18H2,1-3H3. The summed E-state index contributed by atoms with van der Waals surface area (Å²) in [7, 11) is 4.80. The number of methoxy groups -OCH3 is 3. The predicted molar refractivity (Wildman–Crippen MR) is 134 cm³/mol. The number of amidine groups is 1. The highest BCUT2D eigenvalue weighted by molar-refractivity contribution is 6.02. The van der Waals surface area contributed by atoms with E-state index in [-0.39, 0.29) is 0 Å². The molecule has 2 aliphatic heterocycles. The summed E-state index contributed by atoms with van der Waals surface area (Å²) in [5.74, 6) is 3.44. The quantitative estimate of drug-likeness (QED) is 0.536. The number of hydrogen-bond donors (Lipinski definition) is 1. The van der Waals surface area contributed by atoms with Gasteiger partial charge < -0.3 is 29.0 Å². The van der Waals surface area contributed by atoms with Crippen LogP contribution in [-0.2, 0) is 18.6 Å². The Morgan fingerprint density at radius 2 is 1.66 bits per heavy atom. The largest absolute Gasteiger partial charge is 0.493 e. The number of rotatable bonds is 8. The van der Waals surface area contributed by atoms with Gasteiger partial charge in [-0.1, -0.05) is 36.4 Å². The zero-order valence-electron chi connectivity index (χ0n) is 20.3. The minimum absolute atomic E-state index is 0.485. The van der Waals surface area contributed by atoms with Gasteiger partial charge in [0.25, 0.3) is 0 Å². The molecule has 0 aromatic heterocycles. The van der Waals surface area contributed by atoms with Crippen molar-refractivity contribution in [3.63, 3.8) is 0 Å². The summed E-state index contributed by atoms with van der Waals surface area (Å²) in [6.07, 6.45) is 1.19. The molecule has 0 spiro atoms. The average molecular weight is 475 g/mol. The van der Waals surface area contributed by atoms with Gasteiger partial charge in [-0.2, -0.15) is 0 Å². The van der Waals surface area contributed by atoms with Crippen LogP contribution in [0.2, 0.25) is 0 Å². The molecular formula is C28H30N2O5. The first-order valence-electron chi connectivity index (χ1n) is 11.7. The Balaban J connectivity index is 1.29. The van der Waals surface area contributed by atoms with Gasteiger partial charge in [-0.05, 0) is 35.4 Å². The van der Waals surface area contributed by atoms with Gasteiger partial charge >= 0.3 is 0 Å². The SMILES string of the molecule is COc1cc(CCOc2ccc(C3(O)Cc4ccccc4C4=NCCN43)cc2)cc(OC)c1OC. The highest BCUT2D eigenvalue weighted by atomic mass is 16.5. The lowest BCUT2D eigenvalue weighted by atomic mass is 9.86. The van der Waals surface area contributed by atoms with Crippen molar-refractivity contribution in [2.75, 3.05) is 41.0 Å². The number of nitrogens with zero attached hydrogens (tertiary/aromatic N) is 2. The Morgan fingerprint density at radius 3 is 2.34 bits per heavy atom. The van der Waals surface area contributed by atoms with Crippen LogP contribution in [0.4, 0.5) is 0 Å². The second kappa shape index (κ2) is 9.50. The van der Waals surface area contributed by atoms with Crippen molar-refractivity contribution < 1.29 is 24.1 Å². The molecule has 1 unspecified atom stereocenters. The number of aliphatic imine (C=N–C) groups is 1. The fourth-order valence-electron chi connectivity index (χ4n) is 4.93.